The normalized spacial score (nSPS) is 15.0. The van der Waals surface area contributed by atoms with Crippen LogP contribution in [0.15, 0.2) is 12.2 Å². The van der Waals surface area contributed by atoms with Gasteiger partial charge in [0, 0.05) is 6.42 Å². The number of hydrogen-bond donors (Lipinski definition) is 1. The molecule has 1 unspecified atom stereocenters. The number of esters is 1. The van der Waals surface area contributed by atoms with Gasteiger partial charge in [-0.25, -0.2) is 0 Å². The highest BCUT2D eigenvalue weighted by atomic mass is 31.2. The van der Waals surface area contributed by atoms with Gasteiger partial charge in [0.15, 0.2) is 0 Å². The quantitative estimate of drug-likeness (QED) is 0.0785. The number of allylic oxidation sites excluding steroid dienone is 2. The molecule has 9 heteroatoms. The van der Waals surface area contributed by atoms with Gasteiger partial charge in [-0.2, -0.15) is 0 Å². The molecule has 0 aliphatic heterocycles. The second kappa shape index (κ2) is 19.5. The Morgan fingerprint density at radius 1 is 1.00 bits per heavy atom. The van der Waals surface area contributed by atoms with E-state index in [0.717, 1.165) is 38.5 Å². The number of nitrogens with zero attached hydrogens (tertiary/aromatic N) is 1. The number of hydrogen-bond acceptors (Lipinski definition) is 7. The van der Waals surface area contributed by atoms with Crippen molar-refractivity contribution in [3.63, 3.8) is 0 Å². The summed E-state index contributed by atoms with van der Waals surface area (Å²) < 4.78 is 27.1. The zero-order valence-electron chi connectivity index (χ0n) is 21.3. The van der Waals surface area contributed by atoms with Gasteiger partial charge in [0.05, 0.1) is 27.7 Å². The van der Waals surface area contributed by atoms with Crippen molar-refractivity contribution < 1.29 is 37.6 Å². The first-order valence-corrected chi connectivity index (χ1v) is 13.9. The van der Waals surface area contributed by atoms with Crippen molar-refractivity contribution in [2.45, 2.75) is 90.1 Å². The number of rotatable bonds is 22. The molecule has 0 aromatic heterocycles. The molecule has 0 saturated carbocycles. The number of aliphatic hydroxyl groups is 1. The molecule has 0 bridgehead atoms. The number of quaternary nitrogens is 1. The Morgan fingerprint density at radius 2 is 1.58 bits per heavy atom. The van der Waals surface area contributed by atoms with E-state index in [0.29, 0.717) is 11.0 Å². The van der Waals surface area contributed by atoms with Gasteiger partial charge in [-0.15, -0.1) is 0 Å². The number of aliphatic hydroxyl groups excluding tert-OH is 1. The molecule has 0 spiro atoms. The van der Waals surface area contributed by atoms with E-state index in [1.165, 1.54) is 32.1 Å². The van der Waals surface area contributed by atoms with Crippen LogP contribution in [0.3, 0.4) is 0 Å². The lowest BCUT2D eigenvalue weighted by Gasteiger charge is -2.29. The van der Waals surface area contributed by atoms with Crippen LogP contribution in [0, 0.1) is 0 Å². The first-order valence-electron chi connectivity index (χ1n) is 12.5. The maximum Gasteiger partial charge on any atom is 0.305 e. The number of phosphoric acid groups is 1. The first-order chi connectivity index (χ1) is 15.6. The van der Waals surface area contributed by atoms with E-state index >= 15 is 0 Å². The Hall–Kier alpha value is -0.760. The summed E-state index contributed by atoms with van der Waals surface area (Å²) in [5, 5.41) is 9.32. The molecule has 0 amide bonds. The minimum atomic E-state index is -4.58. The fourth-order valence-corrected chi connectivity index (χ4v) is 3.86. The fraction of sp³-hybridized carbons (Fsp3) is 0.875. The molecule has 0 aliphatic rings. The number of carbonyl (C=O) groups excluding carboxylic acids is 1. The molecule has 0 aromatic carbocycles. The van der Waals surface area contributed by atoms with Gasteiger partial charge >= 0.3 is 5.97 Å². The second-order valence-corrected chi connectivity index (χ2v) is 10.9. The molecule has 2 atom stereocenters. The summed E-state index contributed by atoms with van der Waals surface area (Å²) >= 11 is 0. The molecule has 1 N–H and O–H groups in total. The number of carbonyl (C=O) groups is 1. The standard InChI is InChI=1S/C24H48NO7P/c1-5-6-7-8-9-10-11-12-13-14-15-16-17-18-24(27)30-22-23(21-26)32-33(28,29)31-20-19-25(2,3)4/h10-11,23,26H,5-9,12-22H2,1-4H3/b11-10+/t23-/m0/s1. The van der Waals surface area contributed by atoms with Crippen LogP contribution in [-0.4, -0.2) is 69.2 Å². The minimum absolute atomic E-state index is 0.0302. The summed E-state index contributed by atoms with van der Waals surface area (Å²) in [7, 11) is 1.14. The van der Waals surface area contributed by atoms with E-state index < -0.39 is 26.5 Å². The summed E-state index contributed by atoms with van der Waals surface area (Å²) in [6, 6.07) is 0. The number of unbranched alkanes of at least 4 members (excludes halogenated alkanes) is 9. The van der Waals surface area contributed by atoms with E-state index in [1.807, 2.05) is 21.1 Å². The maximum absolute atomic E-state index is 11.9. The van der Waals surface area contributed by atoms with Crippen molar-refractivity contribution in [2.75, 3.05) is 47.5 Å². The predicted molar refractivity (Wildman–Crippen MR) is 130 cm³/mol. The zero-order chi connectivity index (χ0) is 25.0. The van der Waals surface area contributed by atoms with E-state index in [4.69, 9.17) is 13.8 Å². The fourth-order valence-electron chi connectivity index (χ4n) is 3.00. The van der Waals surface area contributed by atoms with Crippen molar-refractivity contribution >= 4 is 13.8 Å². The lowest BCUT2D eigenvalue weighted by Crippen LogP contribution is -2.38. The number of phosphoric ester groups is 1. The highest BCUT2D eigenvalue weighted by Gasteiger charge is 2.20. The Morgan fingerprint density at radius 3 is 2.15 bits per heavy atom. The molecule has 0 aliphatic carbocycles. The third kappa shape index (κ3) is 22.8. The lowest BCUT2D eigenvalue weighted by molar-refractivity contribution is -0.870. The lowest BCUT2D eigenvalue weighted by atomic mass is 10.1. The van der Waals surface area contributed by atoms with Gasteiger partial charge in [-0.3, -0.25) is 9.36 Å². The van der Waals surface area contributed by atoms with Crippen LogP contribution in [0.4, 0.5) is 0 Å². The number of ether oxygens (including phenoxy) is 1. The van der Waals surface area contributed by atoms with Crippen molar-refractivity contribution in [2.24, 2.45) is 0 Å². The zero-order valence-corrected chi connectivity index (χ0v) is 22.2. The summed E-state index contributed by atoms with van der Waals surface area (Å²) in [6.45, 7) is 1.75. The second-order valence-electron chi connectivity index (χ2n) is 9.51. The summed E-state index contributed by atoms with van der Waals surface area (Å²) in [5.74, 6) is -0.422. The largest absolute Gasteiger partial charge is 0.756 e. The SMILES string of the molecule is CCCCCC/C=C/CCCCCCCC(=O)OC[C@H](CO)OP(=O)([O-])OCC[N+](C)(C)C. The van der Waals surface area contributed by atoms with Crippen molar-refractivity contribution in [3.05, 3.63) is 12.2 Å². The predicted octanol–water partition coefficient (Wildman–Crippen LogP) is 4.36. The van der Waals surface area contributed by atoms with E-state index in [-0.39, 0.29) is 19.6 Å². The Kier molecular flexibility index (Phi) is 19.1. The highest BCUT2D eigenvalue weighted by molar-refractivity contribution is 7.45. The van der Waals surface area contributed by atoms with Crippen LogP contribution < -0.4 is 4.89 Å². The molecule has 0 heterocycles. The molecular weight excluding hydrogens is 445 g/mol. The van der Waals surface area contributed by atoms with Crippen molar-refractivity contribution in [1.82, 2.24) is 0 Å². The molecular formula is C24H48NO7P. The van der Waals surface area contributed by atoms with Crippen LogP contribution >= 0.6 is 7.82 Å². The first kappa shape index (κ1) is 32.2. The molecule has 0 aromatic rings. The smallest absolute Gasteiger partial charge is 0.305 e. The highest BCUT2D eigenvalue weighted by Crippen LogP contribution is 2.39. The third-order valence-corrected chi connectivity index (χ3v) is 6.12. The topological polar surface area (TPSA) is 105 Å². The molecule has 33 heavy (non-hydrogen) atoms. The Labute approximate surface area is 201 Å². The Balaban J connectivity index is 3.79. The summed E-state index contributed by atoms with van der Waals surface area (Å²) in [6.07, 6.45) is 16.2. The van der Waals surface area contributed by atoms with Crippen molar-refractivity contribution in [3.8, 4) is 0 Å². The van der Waals surface area contributed by atoms with Gasteiger partial charge in [0.25, 0.3) is 7.82 Å². The maximum atomic E-state index is 11.9. The minimum Gasteiger partial charge on any atom is -0.756 e. The molecule has 0 rings (SSSR count). The van der Waals surface area contributed by atoms with E-state index in [2.05, 4.69) is 19.1 Å². The van der Waals surface area contributed by atoms with Crippen LogP contribution in [-0.2, 0) is 23.1 Å². The molecule has 196 valence electrons. The number of likely N-dealkylation sites (N-methyl/N-ethyl adjacent to an activating group) is 1. The molecule has 0 radical (unpaired) electrons. The van der Waals surface area contributed by atoms with Gasteiger partial charge in [-0.1, -0.05) is 57.6 Å². The summed E-state index contributed by atoms with van der Waals surface area (Å²) in [4.78, 5) is 23.7. The van der Waals surface area contributed by atoms with Crippen molar-refractivity contribution in [1.29, 1.82) is 0 Å². The third-order valence-electron chi connectivity index (χ3n) is 5.07. The molecule has 0 saturated heterocycles. The molecule has 0 fully saturated rings. The van der Waals surface area contributed by atoms with Crippen LogP contribution in [0.1, 0.15) is 84.0 Å². The summed E-state index contributed by atoms with van der Waals surface area (Å²) in [5.41, 5.74) is 0. The Bertz CT molecular complexity index is 564. The van der Waals surface area contributed by atoms with Gasteiger partial charge in [0.1, 0.15) is 25.9 Å². The van der Waals surface area contributed by atoms with E-state index in [9.17, 15) is 19.4 Å². The van der Waals surface area contributed by atoms with Crippen LogP contribution in [0.2, 0.25) is 0 Å². The van der Waals surface area contributed by atoms with Gasteiger partial charge < -0.3 is 28.3 Å². The average Bonchev–Trinajstić information content (AvgIpc) is 2.73. The monoisotopic (exact) mass is 493 g/mol. The van der Waals surface area contributed by atoms with E-state index in [1.54, 1.807) is 0 Å². The van der Waals surface area contributed by atoms with Crippen LogP contribution in [0.25, 0.3) is 0 Å². The van der Waals surface area contributed by atoms with Gasteiger partial charge in [-0.05, 0) is 32.1 Å². The molecule has 8 nitrogen and oxygen atoms in total. The average molecular weight is 494 g/mol. The van der Waals surface area contributed by atoms with Crippen LogP contribution in [0.5, 0.6) is 0 Å². The van der Waals surface area contributed by atoms with Gasteiger partial charge in [0.2, 0.25) is 0 Å².